The predicted molar refractivity (Wildman–Crippen MR) is 89.0 cm³/mol. The number of nitrogens with zero attached hydrogens (tertiary/aromatic N) is 4. The Morgan fingerprint density at radius 3 is 2.88 bits per heavy atom. The maximum absolute atomic E-state index is 12.8. The number of hydrogen-bond acceptors (Lipinski definition) is 5. The van der Waals surface area contributed by atoms with Crippen LogP contribution in [0.25, 0.3) is 5.69 Å². The van der Waals surface area contributed by atoms with Gasteiger partial charge in [0, 0.05) is 13.1 Å². The first kappa shape index (κ1) is 17.4. The van der Waals surface area contributed by atoms with Gasteiger partial charge < -0.3 is 14.7 Å². The van der Waals surface area contributed by atoms with Gasteiger partial charge in [0.1, 0.15) is 0 Å². The summed E-state index contributed by atoms with van der Waals surface area (Å²) in [6.07, 6.45) is -0.663. The van der Waals surface area contributed by atoms with Gasteiger partial charge in [-0.3, -0.25) is 9.59 Å². The fourth-order valence-electron chi connectivity index (χ4n) is 2.75. The number of aromatic nitrogens is 3. The zero-order chi connectivity index (χ0) is 18.0. The number of ether oxygens (including phenoxy) is 1. The first-order valence-electron chi connectivity index (χ1n) is 7.77. The summed E-state index contributed by atoms with van der Waals surface area (Å²) in [6.45, 7) is 2.63. The van der Waals surface area contributed by atoms with Gasteiger partial charge in [-0.1, -0.05) is 28.9 Å². The highest BCUT2D eigenvalue weighted by Gasteiger charge is 2.29. The minimum atomic E-state index is -0.958. The van der Waals surface area contributed by atoms with E-state index in [4.69, 9.17) is 21.4 Å². The van der Waals surface area contributed by atoms with Crippen molar-refractivity contribution in [1.82, 2.24) is 19.9 Å². The Labute approximate surface area is 148 Å². The summed E-state index contributed by atoms with van der Waals surface area (Å²) in [5.41, 5.74) is 1.43. The third-order valence-electron chi connectivity index (χ3n) is 4.01. The molecule has 1 aliphatic heterocycles. The number of morpholine rings is 1. The SMILES string of the molecule is Cc1c(C(=O)N2CCOC(CC(=O)O)C2)nnn1-c1ccccc1Cl. The third-order valence-corrected chi connectivity index (χ3v) is 4.33. The molecule has 1 saturated heterocycles. The molecule has 0 radical (unpaired) electrons. The Bertz CT molecular complexity index is 807. The highest BCUT2D eigenvalue weighted by Crippen LogP contribution is 2.22. The van der Waals surface area contributed by atoms with Crippen LogP contribution in [-0.4, -0.2) is 62.7 Å². The second kappa shape index (κ2) is 7.20. The van der Waals surface area contributed by atoms with E-state index in [1.165, 1.54) is 4.68 Å². The van der Waals surface area contributed by atoms with Crippen LogP contribution in [0.5, 0.6) is 0 Å². The molecule has 1 atom stereocenters. The number of para-hydroxylation sites is 1. The molecule has 3 rings (SSSR count). The molecule has 0 spiro atoms. The maximum Gasteiger partial charge on any atom is 0.306 e. The van der Waals surface area contributed by atoms with Gasteiger partial charge in [0.25, 0.3) is 5.91 Å². The van der Waals surface area contributed by atoms with Gasteiger partial charge in [-0.15, -0.1) is 5.10 Å². The van der Waals surface area contributed by atoms with Crippen LogP contribution in [0, 0.1) is 6.92 Å². The summed E-state index contributed by atoms with van der Waals surface area (Å²) in [4.78, 5) is 25.1. The van der Waals surface area contributed by atoms with E-state index in [2.05, 4.69) is 10.3 Å². The largest absolute Gasteiger partial charge is 0.481 e. The number of amides is 1. The van der Waals surface area contributed by atoms with Crippen LogP contribution in [0.3, 0.4) is 0 Å². The molecular formula is C16H17ClN4O4. The monoisotopic (exact) mass is 364 g/mol. The maximum atomic E-state index is 12.8. The number of carbonyl (C=O) groups excluding carboxylic acids is 1. The van der Waals surface area contributed by atoms with Gasteiger partial charge >= 0.3 is 5.97 Å². The van der Waals surface area contributed by atoms with Crippen LogP contribution in [0.15, 0.2) is 24.3 Å². The quantitative estimate of drug-likeness (QED) is 0.883. The minimum absolute atomic E-state index is 0.144. The second-order valence-corrected chi connectivity index (χ2v) is 6.14. The number of carboxylic acid groups (broad SMARTS) is 1. The summed E-state index contributed by atoms with van der Waals surface area (Å²) in [5.74, 6) is -1.25. The fraction of sp³-hybridized carbons (Fsp3) is 0.375. The zero-order valence-electron chi connectivity index (χ0n) is 13.6. The predicted octanol–water partition coefficient (Wildman–Crippen LogP) is 1.54. The molecule has 0 saturated carbocycles. The molecular weight excluding hydrogens is 348 g/mol. The van der Waals surface area contributed by atoms with E-state index >= 15 is 0 Å². The Kier molecular flexibility index (Phi) is 5.00. The first-order chi connectivity index (χ1) is 12.0. The van der Waals surface area contributed by atoms with Crippen LogP contribution >= 0.6 is 11.6 Å². The molecule has 1 aromatic carbocycles. The highest BCUT2D eigenvalue weighted by molar-refractivity contribution is 6.32. The fourth-order valence-corrected chi connectivity index (χ4v) is 2.97. The average Bonchev–Trinajstić information content (AvgIpc) is 2.96. The lowest BCUT2D eigenvalue weighted by Gasteiger charge is -2.31. The zero-order valence-corrected chi connectivity index (χ0v) is 14.3. The lowest BCUT2D eigenvalue weighted by Crippen LogP contribution is -2.46. The number of carboxylic acids is 1. The van der Waals surface area contributed by atoms with Gasteiger partial charge in [0.05, 0.1) is 35.5 Å². The summed E-state index contributed by atoms with van der Waals surface area (Å²) < 4.78 is 6.91. The van der Waals surface area contributed by atoms with Crippen LogP contribution < -0.4 is 0 Å². The van der Waals surface area contributed by atoms with Crippen molar-refractivity contribution in [3.63, 3.8) is 0 Å². The van der Waals surface area contributed by atoms with E-state index in [0.717, 1.165) is 0 Å². The number of carbonyl (C=O) groups is 2. The van der Waals surface area contributed by atoms with Gasteiger partial charge in [0.15, 0.2) is 5.69 Å². The average molecular weight is 365 g/mol. The Morgan fingerprint density at radius 1 is 1.40 bits per heavy atom. The number of benzene rings is 1. The first-order valence-corrected chi connectivity index (χ1v) is 8.15. The molecule has 2 aromatic rings. The molecule has 25 heavy (non-hydrogen) atoms. The van der Waals surface area contributed by atoms with Crippen LogP contribution in [0.4, 0.5) is 0 Å². The highest BCUT2D eigenvalue weighted by atomic mass is 35.5. The lowest BCUT2D eigenvalue weighted by atomic mass is 10.2. The number of halogens is 1. The lowest BCUT2D eigenvalue weighted by molar-refractivity contribution is -0.141. The number of rotatable bonds is 4. The van der Waals surface area contributed by atoms with Crippen molar-refractivity contribution >= 4 is 23.5 Å². The van der Waals surface area contributed by atoms with Crippen LogP contribution in [-0.2, 0) is 9.53 Å². The minimum Gasteiger partial charge on any atom is -0.481 e. The normalized spacial score (nSPS) is 17.5. The third kappa shape index (κ3) is 3.64. The van der Waals surface area contributed by atoms with E-state index in [9.17, 15) is 9.59 Å². The standard InChI is InChI=1S/C16H17ClN4O4/c1-10-15(18-19-21(10)13-5-3-2-4-12(13)17)16(24)20-6-7-25-11(9-20)8-14(22)23/h2-5,11H,6-9H2,1H3,(H,22,23). The van der Waals surface area contributed by atoms with Crippen molar-refractivity contribution in [1.29, 1.82) is 0 Å². The van der Waals surface area contributed by atoms with Gasteiger partial charge in [-0.25, -0.2) is 4.68 Å². The Morgan fingerprint density at radius 2 is 2.16 bits per heavy atom. The van der Waals surface area contributed by atoms with E-state index in [1.807, 2.05) is 6.07 Å². The molecule has 1 aromatic heterocycles. The molecule has 0 aliphatic carbocycles. The van der Waals surface area contributed by atoms with Crippen molar-refractivity contribution in [3.8, 4) is 5.69 Å². The van der Waals surface area contributed by atoms with Gasteiger partial charge in [-0.2, -0.15) is 0 Å². The smallest absolute Gasteiger partial charge is 0.306 e. The molecule has 8 nitrogen and oxygen atoms in total. The molecule has 1 aliphatic rings. The van der Waals surface area contributed by atoms with E-state index in [1.54, 1.807) is 30.0 Å². The van der Waals surface area contributed by atoms with Gasteiger partial charge in [-0.05, 0) is 19.1 Å². The summed E-state index contributed by atoms with van der Waals surface area (Å²) >= 11 is 6.18. The van der Waals surface area contributed by atoms with Crippen molar-refractivity contribution < 1.29 is 19.4 Å². The molecule has 132 valence electrons. The summed E-state index contributed by atoms with van der Waals surface area (Å²) in [6, 6.07) is 7.15. The molecule has 9 heteroatoms. The summed E-state index contributed by atoms with van der Waals surface area (Å²) in [7, 11) is 0. The Balaban J connectivity index is 1.82. The molecule has 2 heterocycles. The van der Waals surface area contributed by atoms with Gasteiger partial charge in [0.2, 0.25) is 0 Å². The van der Waals surface area contributed by atoms with Crippen molar-refractivity contribution in [2.24, 2.45) is 0 Å². The second-order valence-electron chi connectivity index (χ2n) is 5.73. The molecule has 1 unspecified atom stereocenters. The van der Waals surface area contributed by atoms with Crippen LogP contribution in [0.1, 0.15) is 22.6 Å². The molecule has 0 bridgehead atoms. The van der Waals surface area contributed by atoms with Crippen molar-refractivity contribution in [2.75, 3.05) is 19.7 Å². The van der Waals surface area contributed by atoms with Crippen LogP contribution in [0.2, 0.25) is 5.02 Å². The van der Waals surface area contributed by atoms with Crippen molar-refractivity contribution in [2.45, 2.75) is 19.4 Å². The molecule has 1 fully saturated rings. The van der Waals surface area contributed by atoms with E-state index in [0.29, 0.717) is 29.6 Å². The summed E-state index contributed by atoms with van der Waals surface area (Å²) in [5, 5.41) is 17.4. The van der Waals surface area contributed by atoms with E-state index < -0.39 is 12.1 Å². The molecule has 1 N–H and O–H groups in total. The number of aliphatic carboxylic acids is 1. The van der Waals surface area contributed by atoms with E-state index in [-0.39, 0.29) is 24.6 Å². The Hall–Kier alpha value is -2.45. The number of hydrogen-bond donors (Lipinski definition) is 1. The molecule has 1 amide bonds. The van der Waals surface area contributed by atoms with Crippen molar-refractivity contribution in [3.05, 3.63) is 40.7 Å². The topological polar surface area (TPSA) is 97.6 Å².